The third kappa shape index (κ3) is 2.87. The molecular formula is C19H23N. The standard InChI is InChI=1S/C19H23N/c1-20-19-13-11-18(12-14-19)17-9-7-16(8-10-17)15-5-3-2-4-6-15/h7-15,20H,2-6H2,1H3. The van der Waals surface area contributed by atoms with Gasteiger partial charge in [-0.25, -0.2) is 0 Å². The van der Waals surface area contributed by atoms with Gasteiger partial charge in [-0.05, 0) is 47.6 Å². The molecule has 0 bridgehead atoms. The van der Waals surface area contributed by atoms with Crippen LogP contribution in [0.5, 0.6) is 0 Å². The Bertz CT molecular complexity index is 533. The lowest BCUT2D eigenvalue weighted by atomic mass is 9.84. The van der Waals surface area contributed by atoms with Crippen molar-refractivity contribution in [2.45, 2.75) is 38.0 Å². The summed E-state index contributed by atoms with van der Waals surface area (Å²) in [7, 11) is 1.95. The van der Waals surface area contributed by atoms with Gasteiger partial charge in [0.05, 0.1) is 0 Å². The van der Waals surface area contributed by atoms with Crippen LogP contribution in [0.4, 0.5) is 5.69 Å². The van der Waals surface area contributed by atoms with E-state index in [0.29, 0.717) is 0 Å². The first kappa shape index (κ1) is 13.2. The molecule has 1 nitrogen and oxygen atoms in total. The lowest BCUT2D eigenvalue weighted by molar-refractivity contribution is 0.443. The van der Waals surface area contributed by atoms with Gasteiger partial charge in [0, 0.05) is 12.7 Å². The molecule has 0 saturated heterocycles. The maximum atomic E-state index is 3.16. The van der Waals surface area contributed by atoms with Crippen LogP contribution in [0.25, 0.3) is 11.1 Å². The van der Waals surface area contributed by atoms with Crippen LogP contribution in [0.15, 0.2) is 48.5 Å². The molecule has 0 amide bonds. The van der Waals surface area contributed by atoms with Crippen molar-refractivity contribution in [1.29, 1.82) is 0 Å². The first-order chi connectivity index (χ1) is 9.86. The van der Waals surface area contributed by atoms with E-state index < -0.39 is 0 Å². The molecule has 104 valence electrons. The number of rotatable bonds is 3. The monoisotopic (exact) mass is 265 g/mol. The topological polar surface area (TPSA) is 12.0 Å². The van der Waals surface area contributed by atoms with Crippen molar-refractivity contribution in [2.24, 2.45) is 0 Å². The van der Waals surface area contributed by atoms with E-state index in [-0.39, 0.29) is 0 Å². The van der Waals surface area contributed by atoms with E-state index in [1.54, 1.807) is 0 Å². The lowest BCUT2D eigenvalue weighted by Gasteiger charge is -2.22. The van der Waals surface area contributed by atoms with Gasteiger partial charge >= 0.3 is 0 Å². The van der Waals surface area contributed by atoms with Gasteiger partial charge in [0.25, 0.3) is 0 Å². The van der Waals surface area contributed by atoms with Gasteiger partial charge in [-0.2, -0.15) is 0 Å². The lowest BCUT2D eigenvalue weighted by Crippen LogP contribution is -2.04. The predicted octanol–water partition coefficient (Wildman–Crippen LogP) is 5.44. The Morgan fingerprint density at radius 1 is 0.750 bits per heavy atom. The smallest absolute Gasteiger partial charge is 0.0337 e. The highest BCUT2D eigenvalue weighted by molar-refractivity contribution is 5.66. The minimum absolute atomic E-state index is 0.796. The Hall–Kier alpha value is -1.76. The molecule has 0 heterocycles. The summed E-state index contributed by atoms with van der Waals surface area (Å²) in [5.74, 6) is 0.796. The molecule has 0 unspecified atom stereocenters. The van der Waals surface area contributed by atoms with Crippen LogP contribution < -0.4 is 5.32 Å². The number of nitrogens with one attached hydrogen (secondary N) is 1. The zero-order chi connectivity index (χ0) is 13.8. The van der Waals surface area contributed by atoms with Gasteiger partial charge in [0.15, 0.2) is 0 Å². The molecule has 1 fully saturated rings. The van der Waals surface area contributed by atoms with E-state index >= 15 is 0 Å². The maximum Gasteiger partial charge on any atom is 0.0337 e. The number of hydrogen-bond acceptors (Lipinski definition) is 1. The zero-order valence-electron chi connectivity index (χ0n) is 12.2. The number of hydrogen-bond donors (Lipinski definition) is 1. The highest BCUT2D eigenvalue weighted by atomic mass is 14.8. The van der Waals surface area contributed by atoms with Gasteiger partial charge in [-0.1, -0.05) is 55.7 Å². The highest BCUT2D eigenvalue weighted by Crippen LogP contribution is 2.33. The van der Waals surface area contributed by atoms with Gasteiger partial charge in [-0.3, -0.25) is 0 Å². The Kier molecular flexibility index (Phi) is 4.05. The molecule has 20 heavy (non-hydrogen) atoms. The van der Waals surface area contributed by atoms with Crippen LogP contribution in [0, 0.1) is 0 Å². The molecule has 1 heteroatoms. The van der Waals surface area contributed by atoms with Crippen LogP contribution in [0.1, 0.15) is 43.6 Å². The van der Waals surface area contributed by atoms with Crippen molar-refractivity contribution in [3.8, 4) is 11.1 Å². The second-order valence-electron chi connectivity index (χ2n) is 5.78. The summed E-state index contributed by atoms with van der Waals surface area (Å²) in [4.78, 5) is 0. The minimum atomic E-state index is 0.796. The number of benzene rings is 2. The van der Waals surface area contributed by atoms with E-state index in [9.17, 15) is 0 Å². The fourth-order valence-electron chi connectivity index (χ4n) is 3.21. The summed E-state index contributed by atoms with van der Waals surface area (Å²) in [6, 6.07) is 17.8. The Balaban J connectivity index is 1.77. The second-order valence-corrected chi connectivity index (χ2v) is 5.78. The summed E-state index contributed by atoms with van der Waals surface area (Å²) in [5, 5.41) is 3.16. The van der Waals surface area contributed by atoms with Crippen LogP contribution in [-0.2, 0) is 0 Å². The molecule has 1 aliphatic rings. The van der Waals surface area contributed by atoms with Crippen molar-refractivity contribution in [2.75, 3.05) is 12.4 Å². The van der Waals surface area contributed by atoms with Crippen molar-refractivity contribution in [3.63, 3.8) is 0 Å². The summed E-state index contributed by atoms with van der Waals surface area (Å²) in [6.07, 6.45) is 6.97. The van der Waals surface area contributed by atoms with Crippen LogP contribution in [0.3, 0.4) is 0 Å². The normalized spacial score (nSPS) is 16.1. The van der Waals surface area contributed by atoms with E-state index in [4.69, 9.17) is 0 Å². The van der Waals surface area contributed by atoms with Crippen molar-refractivity contribution >= 4 is 5.69 Å². The van der Waals surface area contributed by atoms with Crippen LogP contribution in [-0.4, -0.2) is 7.05 Å². The van der Waals surface area contributed by atoms with E-state index in [1.807, 2.05) is 7.05 Å². The van der Waals surface area contributed by atoms with Crippen LogP contribution in [0.2, 0.25) is 0 Å². The molecule has 0 aromatic heterocycles. The molecule has 0 aliphatic heterocycles. The van der Waals surface area contributed by atoms with E-state index in [1.165, 1.54) is 48.8 Å². The SMILES string of the molecule is CNc1ccc(-c2ccc(C3CCCCC3)cc2)cc1. The molecular weight excluding hydrogens is 242 g/mol. The Labute approximate surface area is 122 Å². The van der Waals surface area contributed by atoms with Gasteiger partial charge in [0.1, 0.15) is 0 Å². The molecule has 1 N–H and O–H groups in total. The summed E-state index contributed by atoms with van der Waals surface area (Å²) >= 11 is 0. The van der Waals surface area contributed by atoms with Crippen molar-refractivity contribution < 1.29 is 0 Å². The molecule has 1 aliphatic carbocycles. The predicted molar refractivity (Wildman–Crippen MR) is 87.3 cm³/mol. The average Bonchev–Trinajstić information content (AvgIpc) is 2.56. The van der Waals surface area contributed by atoms with Gasteiger partial charge in [0.2, 0.25) is 0 Å². The van der Waals surface area contributed by atoms with E-state index in [2.05, 4.69) is 53.8 Å². The van der Waals surface area contributed by atoms with E-state index in [0.717, 1.165) is 11.6 Å². The first-order valence-electron chi connectivity index (χ1n) is 7.75. The van der Waals surface area contributed by atoms with Crippen molar-refractivity contribution in [3.05, 3.63) is 54.1 Å². The molecule has 2 aromatic carbocycles. The molecule has 2 aromatic rings. The third-order valence-electron chi connectivity index (χ3n) is 4.49. The van der Waals surface area contributed by atoms with Crippen LogP contribution >= 0.6 is 0 Å². The zero-order valence-corrected chi connectivity index (χ0v) is 12.2. The Morgan fingerprint density at radius 2 is 1.30 bits per heavy atom. The number of anilines is 1. The molecule has 3 rings (SSSR count). The minimum Gasteiger partial charge on any atom is -0.388 e. The summed E-state index contributed by atoms with van der Waals surface area (Å²) < 4.78 is 0. The summed E-state index contributed by atoms with van der Waals surface area (Å²) in [6.45, 7) is 0. The molecule has 0 spiro atoms. The molecule has 0 radical (unpaired) electrons. The Morgan fingerprint density at radius 3 is 1.85 bits per heavy atom. The average molecular weight is 265 g/mol. The fraction of sp³-hybridized carbons (Fsp3) is 0.368. The molecule has 1 saturated carbocycles. The van der Waals surface area contributed by atoms with Gasteiger partial charge in [-0.15, -0.1) is 0 Å². The third-order valence-corrected chi connectivity index (χ3v) is 4.49. The first-order valence-corrected chi connectivity index (χ1v) is 7.75. The summed E-state index contributed by atoms with van der Waals surface area (Å²) in [5.41, 5.74) is 5.29. The molecule has 0 atom stereocenters. The largest absolute Gasteiger partial charge is 0.388 e. The fourth-order valence-corrected chi connectivity index (χ4v) is 3.21. The van der Waals surface area contributed by atoms with Crippen molar-refractivity contribution in [1.82, 2.24) is 0 Å². The van der Waals surface area contributed by atoms with Gasteiger partial charge < -0.3 is 5.32 Å². The quantitative estimate of drug-likeness (QED) is 0.778. The highest BCUT2D eigenvalue weighted by Gasteiger charge is 2.15. The maximum absolute atomic E-state index is 3.16. The second kappa shape index (κ2) is 6.13.